The summed E-state index contributed by atoms with van der Waals surface area (Å²) in [6.07, 6.45) is 3.47. The third-order valence-electron chi connectivity index (χ3n) is 1.56. The van der Waals surface area contributed by atoms with E-state index in [1.807, 2.05) is 13.0 Å². The Labute approximate surface area is 78.0 Å². The zero-order valence-corrected chi connectivity index (χ0v) is 8.04. The maximum atomic E-state index is 4.26. The lowest BCUT2D eigenvalue weighted by molar-refractivity contribution is 1.07. The minimum atomic E-state index is 0.764. The SMILES string of the molecule is Cc1nc(Br)c2cnccc2n1. The van der Waals surface area contributed by atoms with Gasteiger partial charge in [-0.3, -0.25) is 4.98 Å². The highest BCUT2D eigenvalue weighted by atomic mass is 79.9. The van der Waals surface area contributed by atoms with E-state index in [-0.39, 0.29) is 0 Å². The van der Waals surface area contributed by atoms with Gasteiger partial charge in [0.2, 0.25) is 0 Å². The quantitative estimate of drug-likeness (QED) is 0.643. The van der Waals surface area contributed by atoms with E-state index in [0.29, 0.717) is 0 Å². The van der Waals surface area contributed by atoms with Crippen LogP contribution in [0.25, 0.3) is 10.9 Å². The van der Waals surface area contributed by atoms with Crippen molar-refractivity contribution in [2.45, 2.75) is 6.92 Å². The third kappa shape index (κ3) is 1.18. The molecule has 0 bridgehead atoms. The first-order valence-corrected chi connectivity index (χ1v) is 4.30. The van der Waals surface area contributed by atoms with E-state index in [2.05, 4.69) is 30.9 Å². The molecule has 0 spiro atoms. The second-order valence-electron chi connectivity index (χ2n) is 2.45. The summed E-state index contributed by atoms with van der Waals surface area (Å²) in [7, 11) is 0. The molecule has 0 aliphatic heterocycles. The second-order valence-corrected chi connectivity index (χ2v) is 3.21. The Morgan fingerprint density at radius 2 is 2.17 bits per heavy atom. The monoisotopic (exact) mass is 223 g/mol. The molecule has 3 nitrogen and oxygen atoms in total. The number of hydrogen-bond donors (Lipinski definition) is 0. The van der Waals surface area contributed by atoms with Crippen LogP contribution in [0.1, 0.15) is 5.82 Å². The molecule has 2 rings (SSSR count). The minimum absolute atomic E-state index is 0.764. The van der Waals surface area contributed by atoms with Crippen LogP contribution in [0.15, 0.2) is 23.1 Å². The molecule has 0 saturated carbocycles. The molecule has 0 unspecified atom stereocenters. The van der Waals surface area contributed by atoms with Gasteiger partial charge in [-0.1, -0.05) is 0 Å². The van der Waals surface area contributed by atoms with Crippen LogP contribution in [-0.2, 0) is 0 Å². The van der Waals surface area contributed by atoms with Crippen molar-refractivity contribution in [2.24, 2.45) is 0 Å². The summed E-state index contributed by atoms with van der Waals surface area (Å²) >= 11 is 3.36. The van der Waals surface area contributed by atoms with Crippen molar-refractivity contribution in [3.8, 4) is 0 Å². The van der Waals surface area contributed by atoms with Crippen LogP contribution in [0.3, 0.4) is 0 Å². The average Bonchev–Trinajstić information content (AvgIpc) is 2.04. The maximum Gasteiger partial charge on any atom is 0.127 e. The molecule has 60 valence electrons. The van der Waals surface area contributed by atoms with Gasteiger partial charge < -0.3 is 0 Å². The molecule has 0 atom stereocenters. The van der Waals surface area contributed by atoms with E-state index in [1.54, 1.807) is 12.4 Å². The van der Waals surface area contributed by atoms with Crippen LogP contribution >= 0.6 is 15.9 Å². The fourth-order valence-corrected chi connectivity index (χ4v) is 1.61. The van der Waals surface area contributed by atoms with Crippen LogP contribution in [0.2, 0.25) is 0 Å². The molecule has 4 heteroatoms. The summed E-state index contributed by atoms with van der Waals surface area (Å²) in [5, 5.41) is 0.947. The average molecular weight is 224 g/mol. The van der Waals surface area contributed by atoms with E-state index in [4.69, 9.17) is 0 Å². The zero-order valence-electron chi connectivity index (χ0n) is 6.45. The molecule has 12 heavy (non-hydrogen) atoms. The molecular formula is C8H6BrN3. The van der Waals surface area contributed by atoms with Crippen LogP contribution in [0.5, 0.6) is 0 Å². The molecule has 0 saturated heterocycles. The van der Waals surface area contributed by atoms with Crippen molar-refractivity contribution in [1.29, 1.82) is 0 Å². The third-order valence-corrected chi connectivity index (χ3v) is 2.17. The predicted molar refractivity (Wildman–Crippen MR) is 49.8 cm³/mol. The minimum Gasteiger partial charge on any atom is -0.264 e. The van der Waals surface area contributed by atoms with Crippen molar-refractivity contribution in [3.05, 3.63) is 28.9 Å². The van der Waals surface area contributed by atoms with Gasteiger partial charge >= 0.3 is 0 Å². The largest absolute Gasteiger partial charge is 0.264 e. The number of hydrogen-bond acceptors (Lipinski definition) is 3. The fraction of sp³-hybridized carbons (Fsp3) is 0.125. The van der Waals surface area contributed by atoms with Gasteiger partial charge in [-0.2, -0.15) is 0 Å². The Balaban J connectivity index is 2.89. The molecule has 0 fully saturated rings. The smallest absolute Gasteiger partial charge is 0.127 e. The lowest BCUT2D eigenvalue weighted by atomic mass is 10.3. The highest BCUT2D eigenvalue weighted by Gasteiger charge is 2.00. The molecule has 2 aromatic rings. The van der Waals surface area contributed by atoms with Gasteiger partial charge in [-0.15, -0.1) is 0 Å². The Morgan fingerprint density at radius 3 is 3.00 bits per heavy atom. The number of rotatable bonds is 0. The molecule has 0 aromatic carbocycles. The van der Waals surface area contributed by atoms with Gasteiger partial charge in [-0.25, -0.2) is 9.97 Å². The summed E-state index contributed by atoms with van der Waals surface area (Å²) in [6, 6.07) is 1.87. The molecule has 2 aromatic heterocycles. The molecular weight excluding hydrogens is 218 g/mol. The van der Waals surface area contributed by atoms with Crippen LogP contribution in [0.4, 0.5) is 0 Å². The lowest BCUT2D eigenvalue weighted by Gasteiger charge is -1.98. The summed E-state index contributed by atoms with van der Waals surface area (Å²) in [6.45, 7) is 1.87. The predicted octanol–water partition coefficient (Wildman–Crippen LogP) is 2.10. The Hall–Kier alpha value is -1.03. The van der Waals surface area contributed by atoms with Gasteiger partial charge in [-0.05, 0) is 28.9 Å². The van der Waals surface area contributed by atoms with Gasteiger partial charge in [0.1, 0.15) is 10.4 Å². The number of fused-ring (bicyclic) bond motifs is 1. The normalized spacial score (nSPS) is 10.5. The van der Waals surface area contributed by atoms with Crippen molar-refractivity contribution in [2.75, 3.05) is 0 Å². The first-order valence-electron chi connectivity index (χ1n) is 3.51. The first kappa shape index (κ1) is 7.61. The maximum absolute atomic E-state index is 4.26. The van der Waals surface area contributed by atoms with Crippen molar-refractivity contribution >= 4 is 26.8 Å². The summed E-state index contributed by atoms with van der Waals surface area (Å²) in [5.41, 5.74) is 0.921. The van der Waals surface area contributed by atoms with E-state index in [1.165, 1.54) is 0 Å². The lowest BCUT2D eigenvalue weighted by Crippen LogP contribution is -1.90. The van der Waals surface area contributed by atoms with Crippen LogP contribution < -0.4 is 0 Å². The number of nitrogens with zero attached hydrogens (tertiary/aromatic N) is 3. The van der Waals surface area contributed by atoms with Gasteiger partial charge in [0.15, 0.2) is 0 Å². The molecule has 0 amide bonds. The number of aryl methyl sites for hydroxylation is 1. The second kappa shape index (κ2) is 2.79. The van der Waals surface area contributed by atoms with Crippen molar-refractivity contribution in [1.82, 2.24) is 15.0 Å². The highest BCUT2D eigenvalue weighted by molar-refractivity contribution is 9.10. The number of aromatic nitrogens is 3. The zero-order chi connectivity index (χ0) is 8.55. The topological polar surface area (TPSA) is 38.7 Å². The number of halogens is 1. The van der Waals surface area contributed by atoms with E-state index in [0.717, 1.165) is 21.3 Å². The van der Waals surface area contributed by atoms with E-state index in [9.17, 15) is 0 Å². The summed E-state index contributed by atoms with van der Waals surface area (Å²) < 4.78 is 0.804. The molecule has 2 heterocycles. The van der Waals surface area contributed by atoms with Gasteiger partial charge in [0.05, 0.1) is 10.9 Å². The summed E-state index contributed by atoms with van der Waals surface area (Å²) in [4.78, 5) is 12.4. The first-order chi connectivity index (χ1) is 5.77. The number of pyridine rings is 1. The molecule has 0 aliphatic rings. The van der Waals surface area contributed by atoms with Gasteiger partial charge in [0, 0.05) is 12.4 Å². The van der Waals surface area contributed by atoms with Crippen LogP contribution in [0, 0.1) is 6.92 Å². The standard InChI is InChI=1S/C8H6BrN3/c1-5-11-7-2-3-10-4-6(7)8(9)12-5/h2-4H,1H3. The van der Waals surface area contributed by atoms with E-state index >= 15 is 0 Å². The molecule has 0 radical (unpaired) electrons. The van der Waals surface area contributed by atoms with Crippen LogP contribution in [-0.4, -0.2) is 15.0 Å². The Kier molecular flexibility index (Phi) is 1.77. The Morgan fingerprint density at radius 1 is 1.33 bits per heavy atom. The van der Waals surface area contributed by atoms with Gasteiger partial charge in [0.25, 0.3) is 0 Å². The molecule has 0 aliphatic carbocycles. The van der Waals surface area contributed by atoms with Crippen molar-refractivity contribution in [3.63, 3.8) is 0 Å². The highest BCUT2D eigenvalue weighted by Crippen LogP contribution is 2.18. The molecule has 0 N–H and O–H groups in total. The summed E-state index contributed by atoms with van der Waals surface area (Å²) in [5.74, 6) is 0.764. The van der Waals surface area contributed by atoms with Crippen molar-refractivity contribution < 1.29 is 0 Å². The Bertz CT molecular complexity index is 428. The fourth-order valence-electron chi connectivity index (χ4n) is 1.05. The van der Waals surface area contributed by atoms with E-state index < -0.39 is 0 Å².